The summed E-state index contributed by atoms with van der Waals surface area (Å²) in [6.07, 6.45) is 5.42. The third-order valence-electron chi connectivity index (χ3n) is 3.06. The lowest BCUT2D eigenvalue weighted by Crippen LogP contribution is -2.37. The van der Waals surface area contributed by atoms with Gasteiger partial charge in [0.25, 0.3) is 0 Å². The summed E-state index contributed by atoms with van der Waals surface area (Å²) in [5.74, 6) is 0.812. The molecule has 3 unspecified atom stereocenters. The maximum atomic E-state index is 11.2. The van der Waals surface area contributed by atoms with E-state index in [4.69, 9.17) is 4.74 Å². The van der Waals surface area contributed by atoms with Gasteiger partial charge in [-0.05, 0) is 31.7 Å². The summed E-state index contributed by atoms with van der Waals surface area (Å²) in [5.41, 5.74) is 0. The van der Waals surface area contributed by atoms with Crippen LogP contribution in [-0.4, -0.2) is 42.0 Å². The molecule has 0 aromatic rings. The molecule has 0 aromatic carbocycles. The van der Waals surface area contributed by atoms with Crippen LogP contribution >= 0.6 is 0 Å². The summed E-state index contributed by atoms with van der Waals surface area (Å²) in [5, 5.41) is 3.80. The topological polar surface area (TPSA) is 38.3 Å². The summed E-state index contributed by atoms with van der Waals surface area (Å²) in [6, 6.07) is 0.507. The SMILES string of the molecule is COCC(NCCC(C)S(C)=O)C1CC1. The van der Waals surface area contributed by atoms with E-state index in [0.29, 0.717) is 11.3 Å². The second kappa shape index (κ2) is 6.61. The molecule has 0 aliphatic heterocycles. The van der Waals surface area contributed by atoms with E-state index in [1.54, 1.807) is 13.4 Å². The van der Waals surface area contributed by atoms with Gasteiger partial charge in [-0.2, -0.15) is 0 Å². The lowest BCUT2D eigenvalue weighted by Gasteiger charge is -2.18. The quantitative estimate of drug-likeness (QED) is 0.683. The zero-order chi connectivity index (χ0) is 11.3. The summed E-state index contributed by atoms with van der Waals surface area (Å²) in [6.45, 7) is 3.79. The van der Waals surface area contributed by atoms with E-state index < -0.39 is 10.8 Å². The molecule has 1 saturated carbocycles. The van der Waals surface area contributed by atoms with Gasteiger partial charge in [0.05, 0.1) is 6.61 Å². The highest BCUT2D eigenvalue weighted by atomic mass is 32.2. The van der Waals surface area contributed by atoms with E-state index >= 15 is 0 Å². The van der Waals surface area contributed by atoms with Gasteiger partial charge >= 0.3 is 0 Å². The molecule has 90 valence electrons. The highest BCUT2D eigenvalue weighted by Gasteiger charge is 2.30. The Morgan fingerprint density at radius 2 is 2.20 bits per heavy atom. The van der Waals surface area contributed by atoms with Crippen molar-refractivity contribution in [2.24, 2.45) is 5.92 Å². The van der Waals surface area contributed by atoms with Crippen molar-refractivity contribution in [2.75, 3.05) is 26.5 Å². The first-order valence-electron chi connectivity index (χ1n) is 5.69. The molecule has 0 bridgehead atoms. The lowest BCUT2D eigenvalue weighted by atomic mass is 10.2. The minimum atomic E-state index is -0.695. The van der Waals surface area contributed by atoms with E-state index in [1.807, 2.05) is 6.92 Å². The first-order valence-corrected chi connectivity index (χ1v) is 7.31. The minimum Gasteiger partial charge on any atom is -0.383 e. The number of hydrogen-bond donors (Lipinski definition) is 1. The Morgan fingerprint density at radius 1 is 1.53 bits per heavy atom. The van der Waals surface area contributed by atoms with Gasteiger partial charge in [-0.3, -0.25) is 4.21 Å². The van der Waals surface area contributed by atoms with Crippen LogP contribution in [0.2, 0.25) is 0 Å². The molecule has 15 heavy (non-hydrogen) atoms. The average Bonchev–Trinajstić information content (AvgIpc) is 2.99. The molecular formula is C11H23NO2S. The summed E-state index contributed by atoms with van der Waals surface area (Å²) in [4.78, 5) is 0. The zero-order valence-electron chi connectivity index (χ0n) is 9.99. The predicted octanol–water partition coefficient (Wildman–Crippen LogP) is 1.16. The highest BCUT2D eigenvalue weighted by Crippen LogP contribution is 2.32. The minimum absolute atomic E-state index is 0.292. The van der Waals surface area contributed by atoms with Crippen molar-refractivity contribution in [1.29, 1.82) is 0 Å². The second-order valence-electron chi connectivity index (χ2n) is 4.45. The summed E-state index contributed by atoms with van der Waals surface area (Å²) < 4.78 is 16.3. The summed E-state index contributed by atoms with van der Waals surface area (Å²) >= 11 is 0. The van der Waals surface area contributed by atoms with Crippen LogP contribution in [0.3, 0.4) is 0 Å². The van der Waals surface area contributed by atoms with Crippen molar-refractivity contribution in [1.82, 2.24) is 5.32 Å². The smallest absolute Gasteiger partial charge is 0.0618 e. The van der Waals surface area contributed by atoms with Crippen molar-refractivity contribution < 1.29 is 8.95 Å². The van der Waals surface area contributed by atoms with Crippen LogP contribution in [-0.2, 0) is 15.5 Å². The molecule has 0 radical (unpaired) electrons. The third-order valence-corrected chi connectivity index (χ3v) is 4.43. The molecule has 1 fully saturated rings. The first kappa shape index (κ1) is 13.1. The number of hydrogen-bond acceptors (Lipinski definition) is 3. The molecular weight excluding hydrogens is 210 g/mol. The maximum absolute atomic E-state index is 11.2. The van der Waals surface area contributed by atoms with Crippen molar-refractivity contribution in [2.45, 2.75) is 37.5 Å². The molecule has 1 aliphatic carbocycles. The Labute approximate surface area is 95.4 Å². The Bertz CT molecular complexity index is 207. The van der Waals surface area contributed by atoms with Crippen molar-refractivity contribution in [3.05, 3.63) is 0 Å². The number of methoxy groups -OCH3 is 1. The monoisotopic (exact) mass is 233 g/mol. The van der Waals surface area contributed by atoms with Crippen LogP contribution in [0, 0.1) is 5.92 Å². The van der Waals surface area contributed by atoms with Gasteiger partial charge in [0.1, 0.15) is 0 Å². The van der Waals surface area contributed by atoms with Gasteiger partial charge in [-0.15, -0.1) is 0 Å². The average molecular weight is 233 g/mol. The molecule has 0 heterocycles. The molecule has 4 heteroatoms. The fourth-order valence-electron chi connectivity index (χ4n) is 1.68. The molecule has 1 aliphatic rings. The van der Waals surface area contributed by atoms with Crippen molar-refractivity contribution >= 4 is 10.8 Å². The molecule has 3 atom stereocenters. The van der Waals surface area contributed by atoms with Gasteiger partial charge in [0.15, 0.2) is 0 Å². The molecule has 0 spiro atoms. The fourth-order valence-corrected chi connectivity index (χ4v) is 2.13. The van der Waals surface area contributed by atoms with Crippen molar-refractivity contribution in [3.8, 4) is 0 Å². The van der Waals surface area contributed by atoms with Crippen LogP contribution < -0.4 is 5.32 Å². The van der Waals surface area contributed by atoms with Gasteiger partial charge in [-0.1, -0.05) is 6.92 Å². The normalized spacial score (nSPS) is 22.3. The van der Waals surface area contributed by atoms with Gasteiger partial charge in [-0.25, -0.2) is 0 Å². The first-order chi connectivity index (χ1) is 7.15. The van der Waals surface area contributed by atoms with Crippen LogP contribution in [0.1, 0.15) is 26.2 Å². The van der Waals surface area contributed by atoms with Crippen LogP contribution in [0.4, 0.5) is 0 Å². The Morgan fingerprint density at radius 3 is 2.67 bits per heavy atom. The van der Waals surface area contributed by atoms with E-state index in [1.165, 1.54) is 12.8 Å². The molecule has 1 rings (SSSR count). The van der Waals surface area contributed by atoms with E-state index in [-0.39, 0.29) is 0 Å². The van der Waals surface area contributed by atoms with E-state index in [9.17, 15) is 4.21 Å². The highest BCUT2D eigenvalue weighted by molar-refractivity contribution is 7.84. The number of nitrogens with one attached hydrogen (secondary N) is 1. The van der Waals surface area contributed by atoms with E-state index in [2.05, 4.69) is 5.32 Å². The Hall–Kier alpha value is 0.0700. The van der Waals surface area contributed by atoms with Crippen LogP contribution in [0.15, 0.2) is 0 Å². The fraction of sp³-hybridized carbons (Fsp3) is 1.00. The standard InChI is InChI=1S/C11H23NO2S/c1-9(15(3)13)6-7-12-11(8-14-2)10-4-5-10/h9-12H,4-8H2,1-3H3. The maximum Gasteiger partial charge on any atom is 0.0618 e. The molecule has 1 N–H and O–H groups in total. The summed E-state index contributed by atoms with van der Waals surface area (Å²) in [7, 11) is 1.06. The van der Waals surface area contributed by atoms with E-state index in [0.717, 1.165) is 25.5 Å². The molecule has 3 nitrogen and oxygen atoms in total. The number of ether oxygens (including phenoxy) is 1. The lowest BCUT2D eigenvalue weighted by molar-refractivity contribution is 0.157. The second-order valence-corrected chi connectivity index (χ2v) is 6.25. The largest absolute Gasteiger partial charge is 0.383 e. The predicted molar refractivity (Wildman–Crippen MR) is 64.5 cm³/mol. The van der Waals surface area contributed by atoms with Gasteiger partial charge < -0.3 is 10.1 Å². The van der Waals surface area contributed by atoms with Crippen LogP contribution in [0.5, 0.6) is 0 Å². The van der Waals surface area contributed by atoms with Gasteiger partial charge in [0.2, 0.25) is 0 Å². The Kier molecular flexibility index (Phi) is 5.79. The zero-order valence-corrected chi connectivity index (χ0v) is 10.8. The molecule has 0 saturated heterocycles. The third kappa shape index (κ3) is 5.09. The van der Waals surface area contributed by atoms with Crippen LogP contribution in [0.25, 0.3) is 0 Å². The van der Waals surface area contributed by atoms with Crippen molar-refractivity contribution in [3.63, 3.8) is 0 Å². The molecule has 0 amide bonds. The molecule has 0 aromatic heterocycles. The van der Waals surface area contributed by atoms with Gasteiger partial charge in [0, 0.05) is 35.5 Å². The Balaban J connectivity index is 2.13. The number of rotatable bonds is 8.